The van der Waals surface area contributed by atoms with E-state index in [9.17, 15) is 9.59 Å². The van der Waals surface area contributed by atoms with Crippen LogP contribution in [-0.4, -0.2) is 48.2 Å². The molecule has 1 saturated heterocycles. The minimum atomic E-state index is -1.04. The van der Waals surface area contributed by atoms with Crippen molar-refractivity contribution in [3.63, 3.8) is 0 Å². The van der Waals surface area contributed by atoms with Gasteiger partial charge in [-0.1, -0.05) is 48.5 Å². The molecule has 0 radical (unpaired) electrons. The van der Waals surface area contributed by atoms with Crippen molar-refractivity contribution in [2.75, 3.05) is 24.5 Å². The van der Waals surface area contributed by atoms with Crippen LogP contribution in [0, 0.1) is 0 Å². The summed E-state index contributed by atoms with van der Waals surface area (Å²) in [6.07, 6.45) is 0.979. The molecular formula is C21H22N4O2. The first-order valence-corrected chi connectivity index (χ1v) is 9.22. The number of hydrogen-bond donors (Lipinski definition) is 1. The van der Waals surface area contributed by atoms with Crippen LogP contribution < -0.4 is 10.6 Å². The lowest BCUT2D eigenvalue weighted by Gasteiger charge is -2.26. The van der Waals surface area contributed by atoms with Crippen molar-refractivity contribution in [3.05, 3.63) is 65.7 Å². The van der Waals surface area contributed by atoms with Crippen LogP contribution in [0.2, 0.25) is 0 Å². The highest BCUT2D eigenvalue weighted by Gasteiger charge is 2.32. The minimum absolute atomic E-state index is 0.0128. The Labute approximate surface area is 158 Å². The van der Waals surface area contributed by atoms with Crippen LogP contribution in [0.5, 0.6) is 0 Å². The van der Waals surface area contributed by atoms with Gasteiger partial charge in [0.05, 0.1) is 11.4 Å². The van der Waals surface area contributed by atoms with Crippen molar-refractivity contribution >= 4 is 23.2 Å². The number of amides is 2. The third-order valence-electron chi connectivity index (χ3n) is 5.04. The summed E-state index contributed by atoms with van der Waals surface area (Å²) in [4.78, 5) is 33.5. The van der Waals surface area contributed by atoms with Crippen molar-refractivity contribution in [2.24, 2.45) is 10.7 Å². The molecule has 2 amide bonds. The summed E-state index contributed by atoms with van der Waals surface area (Å²) < 4.78 is 0. The number of benzene rings is 2. The topological polar surface area (TPSA) is 79.0 Å². The SMILES string of the molecule is N[C@@H]1N=C(c2ccccc2)c2ccccc2N(CC(=O)N2CCCC2)C1=O. The molecule has 2 aliphatic heterocycles. The molecule has 1 atom stereocenters. The highest BCUT2D eigenvalue weighted by molar-refractivity contribution is 6.20. The molecule has 2 aromatic rings. The number of anilines is 1. The average molecular weight is 362 g/mol. The van der Waals surface area contributed by atoms with Gasteiger partial charge in [-0.05, 0) is 18.9 Å². The van der Waals surface area contributed by atoms with Crippen molar-refractivity contribution in [1.29, 1.82) is 0 Å². The second-order valence-corrected chi connectivity index (χ2v) is 6.82. The third-order valence-corrected chi connectivity index (χ3v) is 5.04. The van der Waals surface area contributed by atoms with Gasteiger partial charge in [0, 0.05) is 24.2 Å². The number of nitrogens with zero attached hydrogens (tertiary/aromatic N) is 3. The zero-order valence-corrected chi connectivity index (χ0v) is 15.0. The van der Waals surface area contributed by atoms with Crippen LogP contribution in [0.1, 0.15) is 24.0 Å². The van der Waals surface area contributed by atoms with Crippen molar-refractivity contribution in [2.45, 2.75) is 19.0 Å². The molecule has 0 aromatic heterocycles. The Morgan fingerprint density at radius 1 is 1.04 bits per heavy atom. The van der Waals surface area contributed by atoms with Gasteiger partial charge in [-0.3, -0.25) is 19.5 Å². The number of carbonyl (C=O) groups excluding carboxylic acids is 2. The number of para-hydroxylation sites is 1. The lowest BCUT2D eigenvalue weighted by atomic mass is 10.0. The normalized spacial score (nSPS) is 19.5. The van der Waals surface area contributed by atoms with Crippen LogP contribution >= 0.6 is 0 Å². The van der Waals surface area contributed by atoms with Crippen molar-refractivity contribution < 1.29 is 9.59 Å². The number of fused-ring (bicyclic) bond motifs is 1. The highest BCUT2D eigenvalue weighted by atomic mass is 16.2. The van der Waals surface area contributed by atoms with E-state index in [0.29, 0.717) is 11.4 Å². The van der Waals surface area contributed by atoms with Gasteiger partial charge < -0.3 is 10.6 Å². The summed E-state index contributed by atoms with van der Waals surface area (Å²) in [5, 5.41) is 0. The van der Waals surface area contributed by atoms with E-state index < -0.39 is 6.17 Å². The van der Waals surface area contributed by atoms with Crippen LogP contribution in [0.3, 0.4) is 0 Å². The molecule has 138 valence electrons. The van der Waals surface area contributed by atoms with Crippen molar-refractivity contribution in [3.8, 4) is 0 Å². The van der Waals surface area contributed by atoms with E-state index in [0.717, 1.165) is 37.1 Å². The Bertz CT molecular complexity index is 888. The van der Waals surface area contributed by atoms with E-state index in [1.165, 1.54) is 4.90 Å². The number of rotatable bonds is 3. The Kier molecular flexibility index (Phi) is 4.73. The molecule has 0 bridgehead atoms. The number of benzodiazepines with no additional fused rings is 1. The van der Waals surface area contributed by atoms with Gasteiger partial charge in [0.25, 0.3) is 5.91 Å². The maximum Gasteiger partial charge on any atom is 0.266 e. The summed E-state index contributed by atoms with van der Waals surface area (Å²) in [5.74, 6) is -0.410. The summed E-state index contributed by atoms with van der Waals surface area (Å²) in [5.41, 5.74) is 9.14. The van der Waals surface area contributed by atoms with E-state index in [1.54, 1.807) is 0 Å². The Morgan fingerprint density at radius 2 is 1.70 bits per heavy atom. The Hall–Kier alpha value is -2.99. The standard InChI is InChI=1S/C21H22N4O2/c22-20-21(27)25(14-18(26)24-12-6-7-13-24)17-11-5-4-10-16(17)19(23-20)15-8-2-1-3-9-15/h1-5,8-11,20H,6-7,12-14,22H2/t20-/m1/s1. The summed E-state index contributed by atoms with van der Waals surface area (Å²) in [6, 6.07) is 17.2. The predicted molar refractivity (Wildman–Crippen MR) is 105 cm³/mol. The zero-order chi connectivity index (χ0) is 18.8. The molecule has 0 unspecified atom stereocenters. The summed E-state index contributed by atoms with van der Waals surface area (Å²) >= 11 is 0. The maximum atomic E-state index is 13.0. The predicted octanol–water partition coefficient (Wildman–Crippen LogP) is 1.78. The molecule has 2 N–H and O–H groups in total. The Balaban J connectivity index is 1.75. The van der Waals surface area contributed by atoms with Crippen LogP contribution in [-0.2, 0) is 9.59 Å². The molecule has 6 nitrogen and oxygen atoms in total. The number of aliphatic imine (C=N–C) groups is 1. The highest BCUT2D eigenvalue weighted by Crippen LogP contribution is 2.28. The fraction of sp³-hybridized carbons (Fsp3) is 0.286. The second kappa shape index (κ2) is 7.32. The lowest BCUT2D eigenvalue weighted by molar-refractivity contribution is -0.130. The first-order chi connectivity index (χ1) is 13.1. The molecule has 2 aromatic carbocycles. The molecule has 27 heavy (non-hydrogen) atoms. The largest absolute Gasteiger partial charge is 0.341 e. The molecule has 2 heterocycles. The molecule has 0 spiro atoms. The van der Waals surface area contributed by atoms with Gasteiger partial charge >= 0.3 is 0 Å². The van der Waals surface area contributed by atoms with Crippen LogP contribution in [0.15, 0.2) is 59.6 Å². The zero-order valence-electron chi connectivity index (χ0n) is 15.0. The van der Waals surface area contributed by atoms with Crippen molar-refractivity contribution in [1.82, 2.24) is 4.90 Å². The van der Waals surface area contributed by atoms with Crippen LogP contribution in [0.25, 0.3) is 0 Å². The molecular weight excluding hydrogens is 340 g/mol. The molecule has 2 aliphatic rings. The first kappa shape index (κ1) is 17.4. The monoisotopic (exact) mass is 362 g/mol. The number of nitrogens with two attached hydrogens (primary N) is 1. The van der Waals surface area contributed by atoms with E-state index >= 15 is 0 Å². The molecule has 6 heteroatoms. The van der Waals surface area contributed by atoms with E-state index in [-0.39, 0.29) is 18.4 Å². The molecule has 0 aliphatic carbocycles. The quantitative estimate of drug-likeness (QED) is 0.904. The number of hydrogen-bond acceptors (Lipinski definition) is 4. The van der Waals surface area contributed by atoms with Gasteiger partial charge in [-0.2, -0.15) is 0 Å². The Morgan fingerprint density at radius 3 is 2.44 bits per heavy atom. The lowest BCUT2D eigenvalue weighted by Crippen LogP contribution is -2.47. The minimum Gasteiger partial charge on any atom is -0.341 e. The molecule has 1 fully saturated rings. The first-order valence-electron chi connectivity index (χ1n) is 9.22. The molecule has 0 saturated carbocycles. The van der Waals surface area contributed by atoms with Gasteiger partial charge in [0.1, 0.15) is 6.54 Å². The van der Waals surface area contributed by atoms with E-state index in [1.807, 2.05) is 59.5 Å². The molecule has 4 rings (SSSR count). The smallest absolute Gasteiger partial charge is 0.266 e. The van der Waals surface area contributed by atoms with E-state index in [4.69, 9.17) is 5.73 Å². The summed E-state index contributed by atoms with van der Waals surface area (Å²) in [7, 11) is 0. The van der Waals surface area contributed by atoms with Gasteiger partial charge in [0.2, 0.25) is 5.91 Å². The number of carbonyl (C=O) groups is 2. The fourth-order valence-electron chi connectivity index (χ4n) is 3.64. The van der Waals surface area contributed by atoms with Gasteiger partial charge in [-0.15, -0.1) is 0 Å². The average Bonchev–Trinajstić information content (AvgIpc) is 3.22. The third kappa shape index (κ3) is 3.36. The van der Waals surface area contributed by atoms with Crippen LogP contribution in [0.4, 0.5) is 5.69 Å². The van der Waals surface area contributed by atoms with E-state index in [2.05, 4.69) is 4.99 Å². The summed E-state index contributed by atoms with van der Waals surface area (Å²) in [6.45, 7) is 1.49. The maximum absolute atomic E-state index is 13.0. The van der Waals surface area contributed by atoms with Gasteiger partial charge in [0.15, 0.2) is 6.17 Å². The van der Waals surface area contributed by atoms with Gasteiger partial charge in [-0.25, -0.2) is 0 Å². The fourth-order valence-corrected chi connectivity index (χ4v) is 3.64. The number of likely N-dealkylation sites (tertiary alicyclic amines) is 1. The second-order valence-electron chi connectivity index (χ2n) is 6.82.